The molecule has 0 bridgehead atoms. The minimum atomic E-state index is -1.51. The van der Waals surface area contributed by atoms with Crippen LogP contribution in [-0.4, -0.2) is 34.7 Å². The number of alkyl halides is 1. The zero-order valence-electron chi connectivity index (χ0n) is 15.5. The molecule has 0 amide bonds. The molecule has 0 aromatic heterocycles. The number of hydrogen-bond acceptors (Lipinski definition) is 4. The molecule has 3 fully saturated rings. The highest BCUT2D eigenvalue weighted by Crippen LogP contribution is 2.69. The molecule has 0 aromatic rings. The van der Waals surface area contributed by atoms with Gasteiger partial charge in [0.15, 0.2) is 5.78 Å². The van der Waals surface area contributed by atoms with Crippen molar-refractivity contribution < 1.29 is 23.9 Å². The second-order valence-electron chi connectivity index (χ2n) is 9.34. The van der Waals surface area contributed by atoms with E-state index >= 15 is 4.39 Å². The van der Waals surface area contributed by atoms with E-state index in [1.54, 1.807) is 0 Å². The van der Waals surface area contributed by atoms with Crippen LogP contribution in [-0.2, 0) is 14.4 Å². The monoisotopic (exact) mass is 362 g/mol. The predicted molar refractivity (Wildman–Crippen MR) is 93.0 cm³/mol. The minimum Gasteiger partial charge on any atom is -0.389 e. The molecule has 0 unspecified atom stereocenters. The van der Waals surface area contributed by atoms with Crippen molar-refractivity contribution in [1.82, 2.24) is 0 Å². The average molecular weight is 362 g/mol. The predicted octanol–water partition coefficient (Wildman–Crippen LogP) is 2.97. The Kier molecular flexibility index (Phi) is 3.86. The van der Waals surface area contributed by atoms with Gasteiger partial charge in [-0.15, -0.1) is 0 Å². The Morgan fingerprint density at radius 2 is 1.92 bits per heavy atom. The molecular formula is C21H27FO4. The largest absolute Gasteiger partial charge is 0.389 e. The molecule has 1 N–H and O–H groups in total. The van der Waals surface area contributed by atoms with Gasteiger partial charge in [-0.25, -0.2) is 4.39 Å². The van der Waals surface area contributed by atoms with Gasteiger partial charge in [0.25, 0.3) is 0 Å². The summed E-state index contributed by atoms with van der Waals surface area (Å²) in [6.45, 7) is 3.47. The first-order chi connectivity index (χ1) is 12.2. The Morgan fingerprint density at radius 3 is 2.62 bits per heavy atom. The first kappa shape index (κ1) is 18.0. The fourth-order valence-corrected chi connectivity index (χ4v) is 6.99. The maximum absolute atomic E-state index is 16.6. The van der Waals surface area contributed by atoms with Crippen LogP contribution in [0.4, 0.5) is 4.39 Å². The standard InChI is InChI=1S/C21H27FO4/c1-19-7-8-21(22)14(13(19)5-6-15(19)18(26)11-23)4-3-12-9-16(24)17(25)10-20(12,21)2/h9,13-15,23H,3-8,10-11H2,1-2H3/t13-,14-,15+,19-,20-,21+/m0/s1. The number of carbonyl (C=O) groups excluding carboxylic acids is 3. The fraction of sp³-hybridized carbons (Fsp3) is 0.762. The van der Waals surface area contributed by atoms with E-state index in [1.807, 2.05) is 6.92 Å². The summed E-state index contributed by atoms with van der Waals surface area (Å²) in [5.41, 5.74) is -1.88. The third-order valence-corrected chi connectivity index (χ3v) is 8.50. The van der Waals surface area contributed by atoms with Gasteiger partial charge < -0.3 is 5.11 Å². The van der Waals surface area contributed by atoms with E-state index < -0.39 is 29.3 Å². The number of hydrogen-bond donors (Lipinski definition) is 1. The molecule has 0 saturated heterocycles. The summed E-state index contributed by atoms with van der Waals surface area (Å²) in [5.74, 6) is -1.39. The van der Waals surface area contributed by atoms with E-state index in [0.29, 0.717) is 32.1 Å². The van der Waals surface area contributed by atoms with E-state index in [-0.39, 0.29) is 35.4 Å². The number of rotatable bonds is 2. The lowest BCUT2D eigenvalue weighted by Crippen LogP contribution is -2.61. The molecule has 26 heavy (non-hydrogen) atoms. The smallest absolute Gasteiger partial charge is 0.221 e. The summed E-state index contributed by atoms with van der Waals surface area (Å²) in [6.07, 6.45) is 5.09. The fourth-order valence-electron chi connectivity index (χ4n) is 6.99. The molecule has 3 saturated carbocycles. The number of Topliss-reactive ketones (excluding diaryl/α,β-unsaturated/α-hetero) is 2. The Labute approximate surface area is 153 Å². The van der Waals surface area contributed by atoms with Gasteiger partial charge in [0, 0.05) is 17.8 Å². The molecule has 0 aliphatic heterocycles. The van der Waals surface area contributed by atoms with Gasteiger partial charge in [-0.3, -0.25) is 14.4 Å². The van der Waals surface area contributed by atoms with Gasteiger partial charge in [-0.1, -0.05) is 19.4 Å². The van der Waals surface area contributed by atoms with Gasteiger partial charge in [0.1, 0.15) is 12.3 Å². The molecule has 6 atom stereocenters. The number of halogens is 1. The highest BCUT2D eigenvalue weighted by atomic mass is 19.1. The van der Waals surface area contributed by atoms with Gasteiger partial charge in [-0.05, 0) is 61.9 Å². The van der Waals surface area contributed by atoms with Crippen molar-refractivity contribution in [3.8, 4) is 0 Å². The van der Waals surface area contributed by atoms with Gasteiger partial charge >= 0.3 is 0 Å². The quantitative estimate of drug-likeness (QED) is 0.767. The number of carbonyl (C=O) groups is 3. The second kappa shape index (κ2) is 5.57. The van der Waals surface area contributed by atoms with Crippen LogP contribution in [0.1, 0.15) is 58.8 Å². The van der Waals surface area contributed by atoms with E-state index in [4.69, 9.17) is 0 Å². The number of allylic oxidation sites excluding steroid dienone is 1. The number of ketones is 3. The lowest BCUT2D eigenvalue weighted by Gasteiger charge is -2.61. The summed E-state index contributed by atoms with van der Waals surface area (Å²) in [5, 5.41) is 9.33. The molecule has 4 aliphatic rings. The second-order valence-corrected chi connectivity index (χ2v) is 9.34. The lowest BCUT2D eigenvalue weighted by atomic mass is 9.45. The SMILES string of the molecule is C[C@]12CC[C@@]3(F)[C@@H](CCC4=CC(=O)C(=O)C[C@@]43C)[C@@H]1CC[C@@H]2C(=O)CO. The first-order valence-corrected chi connectivity index (χ1v) is 9.78. The molecule has 0 heterocycles. The van der Waals surface area contributed by atoms with Gasteiger partial charge in [0.05, 0.1) is 0 Å². The summed E-state index contributed by atoms with van der Waals surface area (Å²) >= 11 is 0. The van der Waals surface area contributed by atoms with Crippen LogP contribution < -0.4 is 0 Å². The summed E-state index contributed by atoms with van der Waals surface area (Å²) in [4.78, 5) is 36.2. The zero-order valence-corrected chi connectivity index (χ0v) is 15.5. The van der Waals surface area contributed by atoms with Crippen LogP contribution in [0.25, 0.3) is 0 Å². The third kappa shape index (κ3) is 2.07. The van der Waals surface area contributed by atoms with Crippen molar-refractivity contribution in [3.63, 3.8) is 0 Å². The molecule has 0 aromatic carbocycles. The van der Waals surface area contributed by atoms with Crippen LogP contribution in [0.3, 0.4) is 0 Å². The first-order valence-electron chi connectivity index (χ1n) is 9.78. The molecule has 0 radical (unpaired) electrons. The highest BCUT2D eigenvalue weighted by Gasteiger charge is 2.68. The molecule has 5 heteroatoms. The lowest BCUT2D eigenvalue weighted by molar-refractivity contribution is -0.159. The minimum absolute atomic E-state index is 0.0346. The van der Waals surface area contributed by atoms with Gasteiger partial charge in [-0.2, -0.15) is 0 Å². The van der Waals surface area contributed by atoms with E-state index in [2.05, 4.69) is 6.92 Å². The van der Waals surface area contributed by atoms with Crippen LogP contribution in [0.5, 0.6) is 0 Å². The van der Waals surface area contributed by atoms with Crippen LogP contribution >= 0.6 is 0 Å². The van der Waals surface area contributed by atoms with E-state index in [1.165, 1.54) is 6.08 Å². The maximum Gasteiger partial charge on any atom is 0.221 e. The Bertz CT molecular complexity index is 728. The molecule has 4 rings (SSSR count). The maximum atomic E-state index is 16.6. The molecule has 4 aliphatic carbocycles. The van der Waals surface area contributed by atoms with Gasteiger partial charge in [0.2, 0.25) is 11.6 Å². The topological polar surface area (TPSA) is 71.4 Å². The summed E-state index contributed by atoms with van der Waals surface area (Å²) in [6, 6.07) is 0. The van der Waals surface area contributed by atoms with E-state index in [9.17, 15) is 19.5 Å². The normalized spacial score (nSPS) is 47.7. The van der Waals surface area contributed by atoms with E-state index in [0.717, 1.165) is 12.0 Å². The summed E-state index contributed by atoms with van der Waals surface area (Å²) < 4.78 is 16.6. The van der Waals surface area contributed by atoms with Crippen molar-refractivity contribution >= 4 is 17.3 Å². The van der Waals surface area contributed by atoms with Crippen molar-refractivity contribution in [2.24, 2.45) is 28.6 Å². The average Bonchev–Trinajstić information content (AvgIpc) is 2.94. The number of aliphatic hydroxyl groups excluding tert-OH is 1. The Balaban J connectivity index is 1.73. The van der Waals surface area contributed by atoms with Crippen molar-refractivity contribution in [3.05, 3.63) is 11.6 Å². The van der Waals surface area contributed by atoms with Crippen molar-refractivity contribution in [1.29, 1.82) is 0 Å². The number of fused-ring (bicyclic) bond motifs is 5. The third-order valence-electron chi connectivity index (χ3n) is 8.50. The molecular weight excluding hydrogens is 335 g/mol. The number of aliphatic hydroxyl groups is 1. The van der Waals surface area contributed by atoms with Crippen LogP contribution in [0.15, 0.2) is 11.6 Å². The van der Waals surface area contributed by atoms with Crippen LogP contribution in [0.2, 0.25) is 0 Å². The van der Waals surface area contributed by atoms with Crippen LogP contribution in [0, 0.1) is 28.6 Å². The molecule has 0 spiro atoms. The summed E-state index contributed by atoms with van der Waals surface area (Å²) in [7, 11) is 0. The van der Waals surface area contributed by atoms with Crippen molar-refractivity contribution in [2.75, 3.05) is 6.61 Å². The molecule has 4 nitrogen and oxygen atoms in total. The van der Waals surface area contributed by atoms with Crippen molar-refractivity contribution in [2.45, 2.75) is 64.5 Å². The zero-order chi connectivity index (χ0) is 18.9. The molecule has 142 valence electrons. The highest BCUT2D eigenvalue weighted by molar-refractivity contribution is 6.42. The Morgan fingerprint density at radius 1 is 1.19 bits per heavy atom. The Hall–Kier alpha value is -1.36.